The number of hydrogen-bond acceptors (Lipinski definition) is 3. The van der Waals surface area contributed by atoms with Gasteiger partial charge in [0.15, 0.2) is 5.79 Å². The van der Waals surface area contributed by atoms with Crippen LogP contribution < -0.4 is 0 Å². The molecule has 1 heterocycles. The summed E-state index contributed by atoms with van der Waals surface area (Å²) < 4.78 is 12.4. The number of hydrogen-bond donors (Lipinski definition) is 1. The highest BCUT2D eigenvalue weighted by atomic mass is 16.7. The number of aryl methyl sites for hydroxylation is 1. The van der Waals surface area contributed by atoms with E-state index in [0.29, 0.717) is 17.6 Å². The van der Waals surface area contributed by atoms with Crippen LogP contribution in [0.4, 0.5) is 0 Å². The fourth-order valence-corrected chi connectivity index (χ4v) is 6.45. The molecule has 3 aliphatic carbocycles. The lowest BCUT2D eigenvalue weighted by molar-refractivity contribution is -0.237. The maximum Gasteiger partial charge on any atom is 0.174 e. The van der Waals surface area contributed by atoms with Gasteiger partial charge in [-0.25, -0.2) is 0 Å². The Bertz CT molecular complexity index is 634. The highest BCUT2D eigenvalue weighted by molar-refractivity contribution is 5.40. The Morgan fingerprint density at radius 3 is 2.74 bits per heavy atom. The second kappa shape index (κ2) is 4.73. The van der Waals surface area contributed by atoms with Crippen molar-refractivity contribution in [1.82, 2.24) is 0 Å². The molecule has 1 aromatic rings. The minimum Gasteiger partial charge on any atom is -0.508 e. The molecule has 2 saturated carbocycles. The zero-order valence-corrected chi connectivity index (χ0v) is 13.9. The zero-order valence-electron chi connectivity index (χ0n) is 13.9. The van der Waals surface area contributed by atoms with E-state index < -0.39 is 0 Å². The van der Waals surface area contributed by atoms with Gasteiger partial charge in [0.05, 0.1) is 13.2 Å². The first-order valence-electron chi connectivity index (χ1n) is 9.23. The van der Waals surface area contributed by atoms with E-state index in [2.05, 4.69) is 13.0 Å². The lowest BCUT2D eigenvalue weighted by atomic mass is 9.55. The Hall–Kier alpha value is -1.06. The fraction of sp³-hybridized carbons (Fsp3) is 0.700. The maximum absolute atomic E-state index is 9.78. The van der Waals surface area contributed by atoms with Crippen molar-refractivity contribution in [2.75, 3.05) is 13.2 Å². The van der Waals surface area contributed by atoms with Gasteiger partial charge in [-0.3, -0.25) is 0 Å². The van der Waals surface area contributed by atoms with Crippen LogP contribution in [0, 0.1) is 17.3 Å². The van der Waals surface area contributed by atoms with E-state index in [0.717, 1.165) is 32.0 Å². The summed E-state index contributed by atoms with van der Waals surface area (Å²) in [6.45, 7) is 3.95. The molecule has 0 bridgehead atoms. The standard InChI is InChI=1S/C20H26O3/c1-19-8-6-16-15-5-3-14(21)12-13(15)2-4-17(16)18(19)7-9-20(19)22-10-11-23-20/h3,5,12,16-18,21H,2,4,6-11H2,1H3/t16?,17?,18?,19-/m0/s1. The van der Waals surface area contributed by atoms with Crippen molar-refractivity contribution in [2.24, 2.45) is 17.3 Å². The summed E-state index contributed by atoms with van der Waals surface area (Å²) in [5.74, 6) is 2.24. The summed E-state index contributed by atoms with van der Waals surface area (Å²) >= 11 is 0. The van der Waals surface area contributed by atoms with Gasteiger partial charge < -0.3 is 14.6 Å². The van der Waals surface area contributed by atoms with E-state index in [1.807, 2.05) is 12.1 Å². The summed E-state index contributed by atoms with van der Waals surface area (Å²) in [6, 6.07) is 6.03. The monoisotopic (exact) mass is 314 g/mol. The molecular weight excluding hydrogens is 288 g/mol. The summed E-state index contributed by atoms with van der Waals surface area (Å²) in [6.07, 6.45) is 7.08. The third-order valence-corrected chi connectivity index (χ3v) is 7.51. The van der Waals surface area contributed by atoms with Crippen LogP contribution in [0.25, 0.3) is 0 Å². The van der Waals surface area contributed by atoms with Crippen molar-refractivity contribution in [1.29, 1.82) is 0 Å². The molecule has 3 unspecified atom stereocenters. The average molecular weight is 314 g/mol. The summed E-state index contributed by atoms with van der Waals surface area (Å²) in [7, 11) is 0. The van der Waals surface area contributed by atoms with E-state index in [4.69, 9.17) is 9.47 Å². The first kappa shape index (κ1) is 14.3. The van der Waals surface area contributed by atoms with E-state index in [1.165, 1.54) is 36.8 Å². The lowest BCUT2D eigenvalue weighted by Crippen LogP contribution is -2.51. The van der Waals surface area contributed by atoms with Crippen LogP contribution in [0.3, 0.4) is 0 Å². The number of benzene rings is 1. The molecular formula is C20H26O3. The molecule has 3 nitrogen and oxygen atoms in total. The first-order chi connectivity index (χ1) is 11.1. The normalized spacial score (nSPS) is 40.7. The topological polar surface area (TPSA) is 38.7 Å². The van der Waals surface area contributed by atoms with Gasteiger partial charge in [-0.15, -0.1) is 0 Å². The Morgan fingerprint density at radius 1 is 1.09 bits per heavy atom. The summed E-state index contributed by atoms with van der Waals surface area (Å²) in [5.41, 5.74) is 3.05. The Labute approximate surface area is 138 Å². The van der Waals surface area contributed by atoms with Crippen LogP contribution in [-0.4, -0.2) is 24.1 Å². The number of rotatable bonds is 0. The van der Waals surface area contributed by atoms with Crippen molar-refractivity contribution in [3.05, 3.63) is 29.3 Å². The number of fused-ring (bicyclic) bond motifs is 6. The van der Waals surface area contributed by atoms with Crippen LogP contribution >= 0.6 is 0 Å². The molecule has 4 atom stereocenters. The summed E-state index contributed by atoms with van der Waals surface area (Å²) in [4.78, 5) is 0. The molecule has 3 fully saturated rings. The zero-order chi connectivity index (χ0) is 15.7. The molecule has 124 valence electrons. The quantitative estimate of drug-likeness (QED) is 0.787. The second-order valence-electron chi connectivity index (χ2n) is 8.24. The largest absolute Gasteiger partial charge is 0.508 e. The number of phenolic OH excluding ortho intramolecular Hbond substituents is 1. The summed E-state index contributed by atoms with van der Waals surface area (Å²) in [5, 5.41) is 9.78. The van der Waals surface area contributed by atoms with Gasteiger partial charge in [0, 0.05) is 11.8 Å². The molecule has 1 spiro atoms. The molecule has 0 amide bonds. The van der Waals surface area contributed by atoms with Crippen LogP contribution in [0.5, 0.6) is 5.75 Å². The Morgan fingerprint density at radius 2 is 1.91 bits per heavy atom. The van der Waals surface area contributed by atoms with Gasteiger partial charge >= 0.3 is 0 Å². The molecule has 1 saturated heterocycles. The van der Waals surface area contributed by atoms with Gasteiger partial charge in [-0.2, -0.15) is 0 Å². The van der Waals surface area contributed by atoms with Gasteiger partial charge in [-0.05, 0) is 73.1 Å². The van der Waals surface area contributed by atoms with E-state index in [1.54, 1.807) is 0 Å². The minimum absolute atomic E-state index is 0.180. The van der Waals surface area contributed by atoms with Crippen molar-refractivity contribution in [2.45, 2.75) is 57.2 Å². The molecule has 4 aliphatic rings. The predicted molar refractivity (Wildman–Crippen MR) is 87.4 cm³/mol. The highest BCUT2D eigenvalue weighted by Crippen LogP contribution is 2.66. The molecule has 0 radical (unpaired) electrons. The van der Waals surface area contributed by atoms with E-state index in [-0.39, 0.29) is 11.2 Å². The molecule has 0 aromatic heterocycles. The van der Waals surface area contributed by atoms with Gasteiger partial charge in [-0.1, -0.05) is 13.0 Å². The first-order valence-corrected chi connectivity index (χ1v) is 9.23. The van der Waals surface area contributed by atoms with Crippen molar-refractivity contribution < 1.29 is 14.6 Å². The number of ether oxygens (including phenoxy) is 2. The van der Waals surface area contributed by atoms with Gasteiger partial charge in [0.1, 0.15) is 5.75 Å². The van der Waals surface area contributed by atoms with Crippen LogP contribution in [0.2, 0.25) is 0 Å². The van der Waals surface area contributed by atoms with Crippen molar-refractivity contribution in [3.63, 3.8) is 0 Å². The van der Waals surface area contributed by atoms with Gasteiger partial charge in [0.25, 0.3) is 0 Å². The number of phenols is 1. The molecule has 5 rings (SSSR count). The number of aromatic hydroxyl groups is 1. The predicted octanol–water partition coefficient (Wildman–Crippen LogP) is 3.99. The second-order valence-corrected chi connectivity index (χ2v) is 8.24. The van der Waals surface area contributed by atoms with E-state index in [9.17, 15) is 5.11 Å². The Balaban J connectivity index is 1.51. The fourth-order valence-electron chi connectivity index (χ4n) is 6.45. The van der Waals surface area contributed by atoms with Crippen LogP contribution in [0.1, 0.15) is 56.1 Å². The third kappa shape index (κ3) is 1.78. The molecule has 1 N–H and O–H groups in total. The minimum atomic E-state index is -0.294. The lowest BCUT2D eigenvalue weighted by Gasteiger charge is -2.52. The van der Waals surface area contributed by atoms with Crippen molar-refractivity contribution >= 4 is 0 Å². The molecule has 1 aromatic carbocycles. The SMILES string of the molecule is C[C@]12CCC3c4ccc(O)cc4CCC3C1CCC21OCCO1. The molecule has 23 heavy (non-hydrogen) atoms. The van der Waals surface area contributed by atoms with Crippen molar-refractivity contribution in [3.8, 4) is 5.75 Å². The highest BCUT2D eigenvalue weighted by Gasteiger charge is 2.64. The smallest absolute Gasteiger partial charge is 0.174 e. The van der Waals surface area contributed by atoms with Gasteiger partial charge in [0.2, 0.25) is 0 Å². The van der Waals surface area contributed by atoms with Crippen LogP contribution in [-0.2, 0) is 15.9 Å². The van der Waals surface area contributed by atoms with E-state index >= 15 is 0 Å². The third-order valence-electron chi connectivity index (χ3n) is 7.51. The molecule has 3 heteroatoms. The average Bonchev–Trinajstić information content (AvgIpc) is 3.14. The Kier molecular flexibility index (Phi) is 2.94. The van der Waals surface area contributed by atoms with Crippen LogP contribution in [0.15, 0.2) is 18.2 Å². The molecule has 1 aliphatic heterocycles. The maximum atomic E-state index is 9.78.